The third-order valence-corrected chi connectivity index (χ3v) is 7.16. The molecule has 0 unspecified atom stereocenters. The smallest absolute Gasteiger partial charge is 0.257 e. The van der Waals surface area contributed by atoms with Gasteiger partial charge >= 0.3 is 0 Å². The van der Waals surface area contributed by atoms with Crippen LogP contribution in [-0.2, 0) is 6.42 Å². The molecule has 0 saturated carbocycles. The van der Waals surface area contributed by atoms with Gasteiger partial charge in [0.1, 0.15) is 23.2 Å². The van der Waals surface area contributed by atoms with Crippen molar-refractivity contribution < 1.29 is 9.53 Å². The molecule has 0 radical (unpaired) electrons. The first-order valence-electron chi connectivity index (χ1n) is 13.0. The number of carbonyl (C=O) groups is 1. The van der Waals surface area contributed by atoms with Crippen molar-refractivity contribution in [1.82, 2.24) is 30.0 Å². The largest absolute Gasteiger partial charge is 0.496 e. The number of anilines is 3. The molecule has 4 heterocycles. The number of piperazine rings is 1. The van der Waals surface area contributed by atoms with Gasteiger partial charge in [-0.2, -0.15) is 5.10 Å². The fraction of sp³-hybridized carbons (Fsp3) is 0.481. The van der Waals surface area contributed by atoms with Gasteiger partial charge in [0.15, 0.2) is 5.82 Å². The first kappa shape index (κ1) is 25.0. The van der Waals surface area contributed by atoms with Gasteiger partial charge in [-0.15, -0.1) is 0 Å². The van der Waals surface area contributed by atoms with E-state index in [0.29, 0.717) is 24.3 Å². The molecule has 2 saturated heterocycles. The molecule has 37 heavy (non-hydrogen) atoms. The van der Waals surface area contributed by atoms with Gasteiger partial charge in [-0.05, 0) is 44.9 Å². The summed E-state index contributed by atoms with van der Waals surface area (Å²) in [6.45, 7) is 7.27. The number of para-hydroxylation sites is 1. The van der Waals surface area contributed by atoms with E-state index < -0.39 is 0 Å². The zero-order chi connectivity index (χ0) is 25.8. The lowest BCUT2D eigenvalue weighted by Crippen LogP contribution is -2.45. The van der Waals surface area contributed by atoms with E-state index >= 15 is 0 Å². The molecule has 1 aromatic carbocycles. The number of hydrogen-bond acceptors (Lipinski definition) is 8. The second kappa shape index (κ2) is 11.2. The summed E-state index contributed by atoms with van der Waals surface area (Å²) in [5.41, 5.74) is 1.60. The van der Waals surface area contributed by atoms with E-state index in [1.54, 1.807) is 7.11 Å². The van der Waals surface area contributed by atoms with Crippen molar-refractivity contribution in [2.24, 2.45) is 5.92 Å². The number of aryl methyl sites for hydroxylation is 1. The number of nitrogens with one attached hydrogen (secondary N) is 2. The Kier molecular flexibility index (Phi) is 7.55. The second-order valence-electron chi connectivity index (χ2n) is 10.0. The highest BCUT2D eigenvalue weighted by molar-refractivity contribution is 5.97. The lowest BCUT2D eigenvalue weighted by molar-refractivity contribution is 0.0668. The Morgan fingerprint density at radius 2 is 1.92 bits per heavy atom. The Hall–Kier alpha value is -3.66. The monoisotopic (exact) mass is 504 g/mol. The van der Waals surface area contributed by atoms with Crippen molar-refractivity contribution in [2.45, 2.75) is 26.2 Å². The van der Waals surface area contributed by atoms with Crippen molar-refractivity contribution in [2.75, 3.05) is 63.6 Å². The van der Waals surface area contributed by atoms with E-state index in [-0.39, 0.29) is 11.8 Å². The van der Waals surface area contributed by atoms with Crippen LogP contribution < -0.4 is 15.0 Å². The van der Waals surface area contributed by atoms with Crippen LogP contribution in [0.4, 0.5) is 17.5 Å². The average molecular weight is 505 g/mol. The zero-order valence-corrected chi connectivity index (χ0v) is 21.9. The van der Waals surface area contributed by atoms with E-state index in [2.05, 4.69) is 32.4 Å². The summed E-state index contributed by atoms with van der Waals surface area (Å²) in [5, 5.41) is 10.6. The van der Waals surface area contributed by atoms with Crippen LogP contribution in [-0.4, -0.2) is 89.3 Å². The zero-order valence-electron chi connectivity index (χ0n) is 21.9. The summed E-state index contributed by atoms with van der Waals surface area (Å²) >= 11 is 0. The molecular formula is C27H36N8O2. The highest BCUT2D eigenvalue weighted by atomic mass is 16.5. The molecule has 2 aliphatic rings. The number of hydrogen-bond donors (Lipinski definition) is 2. The number of rotatable bonds is 7. The first-order valence-corrected chi connectivity index (χ1v) is 13.0. The van der Waals surface area contributed by atoms with E-state index in [0.717, 1.165) is 74.5 Å². The van der Waals surface area contributed by atoms with E-state index in [4.69, 9.17) is 14.7 Å². The Morgan fingerprint density at radius 3 is 2.68 bits per heavy atom. The molecular weight excluding hydrogens is 468 g/mol. The van der Waals surface area contributed by atoms with Crippen LogP contribution >= 0.6 is 0 Å². The SMILES string of the molecule is COc1ccccc1C(=O)N1CCC[C@H](Cc2nc(Nc3cc(C)[nH]n3)cc(N3CCN(C)CC3)n2)C1. The van der Waals surface area contributed by atoms with Crippen LogP contribution in [0.15, 0.2) is 36.4 Å². The van der Waals surface area contributed by atoms with Crippen molar-refractivity contribution >= 4 is 23.4 Å². The van der Waals surface area contributed by atoms with Crippen molar-refractivity contribution in [3.63, 3.8) is 0 Å². The Bertz CT molecular complexity index is 1220. The van der Waals surface area contributed by atoms with Gasteiger partial charge in [-0.1, -0.05) is 12.1 Å². The normalized spacial score (nSPS) is 18.6. The number of likely N-dealkylation sites (N-methyl/N-ethyl adjacent to an activating group) is 1. The molecule has 0 spiro atoms. The minimum atomic E-state index is 0.0190. The van der Waals surface area contributed by atoms with Crippen molar-refractivity contribution in [3.8, 4) is 5.75 Å². The molecule has 2 aliphatic heterocycles. The minimum Gasteiger partial charge on any atom is -0.496 e. The Morgan fingerprint density at radius 1 is 1.11 bits per heavy atom. The molecule has 10 heteroatoms. The quantitative estimate of drug-likeness (QED) is 0.506. The van der Waals surface area contributed by atoms with Crippen molar-refractivity contribution in [1.29, 1.82) is 0 Å². The van der Waals surface area contributed by atoms with Gasteiger partial charge in [-0.3, -0.25) is 9.89 Å². The standard InChI is InChI=1S/C27H36N8O2/c1-19-15-25(32-31-19)29-24-17-26(34-13-11-33(2)12-14-34)30-23(28-24)16-20-7-6-10-35(18-20)27(36)21-8-4-5-9-22(21)37-3/h4-5,8-9,15,17,20H,6-7,10-14,16,18H2,1-3H3,(H2,28,29,30,31,32)/t20-/m1/s1. The molecule has 196 valence electrons. The highest BCUT2D eigenvalue weighted by Crippen LogP contribution is 2.27. The summed E-state index contributed by atoms with van der Waals surface area (Å²) in [5.74, 6) is 4.12. The summed E-state index contributed by atoms with van der Waals surface area (Å²) < 4.78 is 5.43. The number of H-pyrrole nitrogens is 1. The Labute approximate surface area is 218 Å². The summed E-state index contributed by atoms with van der Waals surface area (Å²) in [6, 6.07) is 11.4. The Balaban J connectivity index is 1.34. The minimum absolute atomic E-state index is 0.0190. The fourth-order valence-corrected chi connectivity index (χ4v) is 5.12. The van der Waals surface area contributed by atoms with E-state index in [9.17, 15) is 4.79 Å². The van der Waals surface area contributed by atoms with Crippen LogP contribution in [0.3, 0.4) is 0 Å². The van der Waals surface area contributed by atoms with E-state index in [1.807, 2.05) is 48.2 Å². The number of amides is 1. The summed E-state index contributed by atoms with van der Waals surface area (Å²) in [6.07, 6.45) is 2.71. The topological polar surface area (TPSA) is 103 Å². The molecule has 1 amide bonds. The number of methoxy groups -OCH3 is 1. The number of nitrogens with zero attached hydrogens (tertiary/aromatic N) is 6. The average Bonchev–Trinajstić information content (AvgIpc) is 3.32. The van der Waals surface area contributed by atoms with E-state index in [1.165, 1.54) is 0 Å². The predicted octanol–water partition coefficient (Wildman–Crippen LogP) is 3.11. The molecule has 2 N–H and O–H groups in total. The van der Waals surface area contributed by atoms with Crippen molar-refractivity contribution in [3.05, 3.63) is 53.5 Å². The van der Waals surface area contributed by atoms with Crippen LogP contribution in [0.25, 0.3) is 0 Å². The maximum absolute atomic E-state index is 13.3. The van der Waals surface area contributed by atoms with Gasteiger partial charge in [0.25, 0.3) is 5.91 Å². The third kappa shape index (κ3) is 6.02. The number of carbonyl (C=O) groups excluding carboxylic acids is 1. The molecule has 5 rings (SSSR count). The lowest BCUT2D eigenvalue weighted by atomic mass is 9.94. The summed E-state index contributed by atoms with van der Waals surface area (Å²) in [4.78, 5) is 29.8. The van der Waals surface area contributed by atoms with Crippen LogP contribution in [0.2, 0.25) is 0 Å². The van der Waals surface area contributed by atoms with Crippen LogP contribution in [0.1, 0.15) is 34.7 Å². The molecule has 10 nitrogen and oxygen atoms in total. The lowest BCUT2D eigenvalue weighted by Gasteiger charge is -2.34. The predicted molar refractivity (Wildman–Crippen MR) is 144 cm³/mol. The number of aromatic nitrogens is 4. The van der Waals surface area contributed by atoms with Gasteiger partial charge in [0, 0.05) is 63.5 Å². The molecule has 1 atom stereocenters. The van der Waals surface area contributed by atoms with Gasteiger partial charge < -0.3 is 24.8 Å². The molecule has 3 aromatic rings. The van der Waals surface area contributed by atoms with Gasteiger partial charge in [-0.25, -0.2) is 9.97 Å². The van der Waals surface area contributed by atoms with Gasteiger partial charge in [0.05, 0.1) is 12.7 Å². The fourth-order valence-electron chi connectivity index (χ4n) is 5.12. The maximum atomic E-state index is 13.3. The first-order chi connectivity index (χ1) is 18.0. The van der Waals surface area contributed by atoms with Crippen LogP contribution in [0.5, 0.6) is 5.75 Å². The number of ether oxygens (including phenoxy) is 1. The second-order valence-corrected chi connectivity index (χ2v) is 10.0. The van der Waals surface area contributed by atoms with Crippen LogP contribution in [0, 0.1) is 12.8 Å². The maximum Gasteiger partial charge on any atom is 0.257 e. The number of likely N-dealkylation sites (tertiary alicyclic amines) is 1. The summed E-state index contributed by atoms with van der Waals surface area (Å²) in [7, 11) is 3.75. The molecule has 2 aromatic heterocycles. The molecule has 0 bridgehead atoms. The number of aromatic amines is 1. The molecule has 2 fully saturated rings. The molecule has 0 aliphatic carbocycles. The highest BCUT2D eigenvalue weighted by Gasteiger charge is 2.27. The van der Waals surface area contributed by atoms with Gasteiger partial charge in [0.2, 0.25) is 0 Å². The number of benzene rings is 1. The third-order valence-electron chi connectivity index (χ3n) is 7.16. The number of piperidine rings is 1.